The van der Waals surface area contributed by atoms with Gasteiger partial charge in [-0.2, -0.15) is 0 Å². The number of nitrogens with zero attached hydrogens (tertiary/aromatic N) is 2. The number of hydrogen-bond donors (Lipinski definition) is 2. The van der Waals surface area contributed by atoms with Crippen molar-refractivity contribution in [1.29, 1.82) is 0 Å². The summed E-state index contributed by atoms with van der Waals surface area (Å²) in [6.45, 7) is 2.27. The molecule has 32 heavy (non-hydrogen) atoms. The number of phenolic OH excluding ortho intramolecular Hbond substituents is 1. The highest BCUT2D eigenvalue weighted by atomic mass is 19.1. The Hall–Kier alpha value is -3.94. The Morgan fingerprint density at radius 1 is 1.12 bits per heavy atom. The zero-order valence-corrected chi connectivity index (χ0v) is 17.7. The Morgan fingerprint density at radius 3 is 2.50 bits per heavy atom. The van der Waals surface area contributed by atoms with Gasteiger partial charge in [0.05, 0.1) is 0 Å². The largest absolute Gasteiger partial charge is 0.508 e. The maximum Gasteiger partial charge on any atom is 0.268 e. The standard InChI is InChI=1S/C24H22FN3O4/c1-14-11-15(3-8-20(14)29)23(31)27-10-9-19-16(12-27)13-28(18-6-4-17(25)5-7-18)24(32)21(19)22(30)26-2/h3-8,11,13,29H,9-10,12H2,1-2H3,(H,26,30). The number of aryl methyl sites for hydroxylation is 1. The van der Waals surface area contributed by atoms with Crippen LogP contribution >= 0.6 is 0 Å². The van der Waals surface area contributed by atoms with Crippen LogP contribution in [0.15, 0.2) is 53.5 Å². The summed E-state index contributed by atoms with van der Waals surface area (Å²) in [7, 11) is 1.45. The summed E-state index contributed by atoms with van der Waals surface area (Å²) in [6, 6.07) is 10.1. The topological polar surface area (TPSA) is 91.6 Å². The molecule has 4 rings (SSSR count). The zero-order valence-electron chi connectivity index (χ0n) is 17.7. The number of aromatic hydroxyl groups is 1. The summed E-state index contributed by atoms with van der Waals surface area (Å²) in [6.07, 6.45) is 1.96. The van der Waals surface area contributed by atoms with Crippen LogP contribution in [0.2, 0.25) is 0 Å². The van der Waals surface area contributed by atoms with Crippen molar-refractivity contribution < 1.29 is 19.1 Å². The second kappa shape index (κ2) is 8.30. The number of pyridine rings is 1. The van der Waals surface area contributed by atoms with Gasteiger partial charge in [-0.1, -0.05) is 0 Å². The molecule has 1 aliphatic rings. The van der Waals surface area contributed by atoms with Crippen LogP contribution < -0.4 is 10.9 Å². The fourth-order valence-electron chi connectivity index (χ4n) is 3.95. The molecular weight excluding hydrogens is 413 g/mol. The molecule has 2 amide bonds. The van der Waals surface area contributed by atoms with Gasteiger partial charge in [0.1, 0.15) is 17.1 Å². The van der Waals surface area contributed by atoms with E-state index in [-0.39, 0.29) is 23.8 Å². The number of carbonyl (C=O) groups excluding carboxylic acids is 2. The molecule has 0 atom stereocenters. The number of benzene rings is 2. The first-order valence-corrected chi connectivity index (χ1v) is 10.1. The first-order chi connectivity index (χ1) is 15.3. The normalized spacial score (nSPS) is 12.9. The third-order valence-corrected chi connectivity index (χ3v) is 5.69. The van der Waals surface area contributed by atoms with Gasteiger partial charge in [-0.25, -0.2) is 4.39 Å². The molecule has 0 saturated carbocycles. The van der Waals surface area contributed by atoms with Gasteiger partial charge in [0.15, 0.2) is 0 Å². The lowest BCUT2D eigenvalue weighted by molar-refractivity contribution is 0.0734. The Bertz CT molecular complexity index is 1280. The first-order valence-electron chi connectivity index (χ1n) is 10.1. The third-order valence-electron chi connectivity index (χ3n) is 5.69. The Kier molecular flexibility index (Phi) is 5.52. The number of amides is 2. The van der Waals surface area contributed by atoms with Crippen LogP contribution in [0.1, 0.15) is 37.4 Å². The highest BCUT2D eigenvalue weighted by Gasteiger charge is 2.28. The molecule has 2 N–H and O–H groups in total. The SMILES string of the molecule is CNC(=O)c1c2c(cn(-c3ccc(F)cc3)c1=O)CN(C(=O)c1ccc(O)c(C)c1)CC2. The van der Waals surface area contributed by atoms with Gasteiger partial charge in [-0.05, 0) is 72.5 Å². The lowest BCUT2D eigenvalue weighted by Gasteiger charge is -2.30. The van der Waals surface area contributed by atoms with Crippen molar-refractivity contribution in [1.82, 2.24) is 14.8 Å². The van der Waals surface area contributed by atoms with E-state index in [0.717, 1.165) is 0 Å². The zero-order chi connectivity index (χ0) is 23.0. The number of halogens is 1. The lowest BCUT2D eigenvalue weighted by atomic mass is 9.95. The average molecular weight is 435 g/mol. The summed E-state index contributed by atoms with van der Waals surface area (Å²) >= 11 is 0. The monoisotopic (exact) mass is 435 g/mol. The van der Waals surface area contributed by atoms with E-state index in [1.54, 1.807) is 30.2 Å². The maximum atomic E-state index is 13.4. The van der Waals surface area contributed by atoms with E-state index in [1.165, 1.54) is 41.9 Å². The van der Waals surface area contributed by atoms with E-state index < -0.39 is 17.3 Å². The second-order valence-corrected chi connectivity index (χ2v) is 7.72. The van der Waals surface area contributed by atoms with Crippen molar-refractivity contribution in [2.45, 2.75) is 19.9 Å². The van der Waals surface area contributed by atoms with Gasteiger partial charge in [-0.3, -0.25) is 19.0 Å². The number of nitrogens with one attached hydrogen (secondary N) is 1. The quantitative estimate of drug-likeness (QED) is 0.662. The predicted octanol–water partition coefficient (Wildman–Crippen LogP) is 2.55. The summed E-state index contributed by atoms with van der Waals surface area (Å²) in [5.41, 5.74) is 2.27. The number of aromatic nitrogens is 1. The molecular formula is C24H22FN3O4. The van der Waals surface area contributed by atoms with E-state index >= 15 is 0 Å². The Balaban J connectivity index is 1.78. The molecule has 164 valence electrons. The predicted molar refractivity (Wildman–Crippen MR) is 117 cm³/mol. The van der Waals surface area contributed by atoms with Gasteiger partial charge < -0.3 is 15.3 Å². The summed E-state index contributed by atoms with van der Waals surface area (Å²) in [4.78, 5) is 40.4. The second-order valence-electron chi connectivity index (χ2n) is 7.72. The highest BCUT2D eigenvalue weighted by molar-refractivity contribution is 5.97. The number of rotatable bonds is 3. The van der Waals surface area contributed by atoms with Gasteiger partial charge in [-0.15, -0.1) is 0 Å². The van der Waals surface area contributed by atoms with Crippen molar-refractivity contribution in [2.24, 2.45) is 0 Å². The van der Waals surface area contributed by atoms with Crippen LogP contribution in [-0.4, -0.2) is 40.0 Å². The molecule has 0 unspecified atom stereocenters. The lowest BCUT2D eigenvalue weighted by Crippen LogP contribution is -2.40. The average Bonchev–Trinajstić information content (AvgIpc) is 2.80. The van der Waals surface area contributed by atoms with Gasteiger partial charge >= 0.3 is 0 Å². The fourth-order valence-corrected chi connectivity index (χ4v) is 3.95. The summed E-state index contributed by atoms with van der Waals surface area (Å²) in [5, 5.41) is 12.3. The van der Waals surface area contributed by atoms with Gasteiger partial charge in [0, 0.05) is 37.6 Å². The minimum atomic E-state index is -0.503. The van der Waals surface area contributed by atoms with Crippen LogP contribution in [0.25, 0.3) is 5.69 Å². The summed E-state index contributed by atoms with van der Waals surface area (Å²) < 4.78 is 14.7. The molecule has 2 aromatic carbocycles. The molecule has 0 radical (unpaired) electrons. The smallest absolute Gasteiger partial charge is 0.268 e. The molecule has 1 aliphatic heterocycles. The van der Waals surface area contributed by atoms with Crippen LogP contribution in [0.3, 0.4) is 0 Å². The molecule has 7 nitrogen and oxygen atoms in total. The Morgan fingerprint density at radius 2 is 1.84 bits per heavy atom. The van der Waals surface area contributed by atoms with Crippen molar-refractivity contribution in [3.63, 3.8) is 0 Å². The van der Waals surface area contributed by atoms with Crippen molar-refractivity contribution in [3.05, 3.63) is 92.6 Å². The summed E-state index contributed by atoms with van der Waals surface area (Å²) in [5.74, 6) is -1.03. The fraction of sp³-hybridized carbons (Fsp3) is 0.208. The van der Waals surface area contributed by atoms with Crippen molar-refractivity contribution >= 4 is 11.8 Å². The van der Waals surface area contributed by atoms with E-state index in [2.05, 4.69) is 5.32 Å². The molecule has 0 fully saturated rings. The van der Waals surface area contributed by atoms with Crippen molar-refractivity contribution in [3.8, 4) is 11.4 Å². The van der Waals surface area contributed by atoms with Gasteiger partial charge in [0.2, 0.25) is 0 Å². The highest BCUT2D eigenvalue weighted by Crippen LogP contribution is 2.25. The maximum absolute atomic E-state index is 13.4. The van der Waals surface area contributed by atoms with Crippen LogP contribution in [0.5, 0.6) is 5.75 Å². The van der Waals surface area contributed by atoms with Crippen LogP contribution in [0, 0.1) is 12.7 Å². The van der Waals surface area contributed by atoms with Crippen LogP contribution in [-0.2, 0) is 13.0 Å². The minimum Gasteiger partial charge on any atom is -0.508 e. The van der Waals surface area contributed by atoms with E-state index in [4.69, 9.17) is 0 Å². The molecule has 2 heterocycles. The van der Waals surface area contributed by atoms with E-state index in [0.29, 0.717) is 40.9 Å². The first kappa shape index (κ1) is 21.3. The van der Waals surface area contributed by atoms with E-state index in [9.17, 15) is 23.9 Å². The minimum absolute atomic E-state index is 0.0295. The molecule has 3 aromatic rings. The van der Waals surface area contributed by atoms with E-state index in [1.807, 2.05) is 0 Å². The molecule has 0 spiro atoms. The Labute approximate surface area is 183 Å². The molecule has 1 aromatic heterocycles. The number of carbonyl (C=O) groups is 2. The van der Waals surface area contributed by atoms with Crippen LogP contribution in [0.4, 0.5) is 4.39 Å². The third kappa shape index (κ3) is 3.75. The molecule has 0 aliphatic carbocycles. The number of phenols is 1. The molecule has 0 saturated heterocycles. The van der Waals surface area contributed by atoms with Crippen molar-refractivity contribution in [2.75, 3.05) is 13.6 Å². The van der Waals surface area contributed by atoms with Gasteiger partial charge in [0.25, 0.3) is 17.4 Å². The number of hydrogen-bond acceptors (Lipinski definition) is 4. The molecule has 8 heteroatoms. The molecule has 0 bridgehead atoms. The number of fused-ring (bicyclic) bond motifs is 1.